The van der Waals surface area contributed by atoms with Gasteiger partial charge in [-0.3, -0.25) is 16.0 Å². The predicted molar refractivity (Wildman–Crippen MR) is 77.9 cm³/mol. The third-order valence-electron chi connectivity index (χ3n) is 3.02. The van der Waals surface area contributed by atoms with Crippen LogP contribution >= 0.6 is 23.2 Å². The van der Waals surface area contributed by atoms with Gasteiger partial charge in [-0.15, -0.1) is 0 Å². The summed E-state index contributed by atoms with van der Waals surface area (Å²) in [5, 5.41) is 5.38. The molecule has 2 aromatic rings. The van der Waals surface area contributed by atoms with Crippen LogP contribution < -0.4 is 17.0 Å². The average Bonchev–Trinajstić information content (AvgIpc) is 2.71. The molecule has 0 fully saturated rings. The Morgan fingerprint density at radius 1 is 1.42 bits per heavy atom. The van der Waals surface area contributed by atoms with Gasteiger partial charge in [-0.2, -0.15) is 5.10 Å². The summed E-state index contributed by atoms with van der Waals surface area (Å²) in [5.41, 5.74) is 10.4. The van der Waals surface area contributed by atoms with E-state index < -0.39 is 0 Å². The lowest BCUT2D eigenvalue weighted by Crippen LogP contribution is -2.30. The first kappa shape index (κ1) is 14.1. The van der Waals surface area contributed by atoms with Crippen LogP contribution in [0.15, 0.2) is 24.4 Å². The summed E-state index contributed by atoms with van der Waals surface area (Å²) < 4.78 is 1.60. The SMILES string of the molecule is Cn1ncc(C(Cc2cc(Cl)ccc2Cl)NN)c1N. The standard InChI is InChI=1S/C12H15Cl2N5/c1-19-12(15)9(6-17-19)11(18-16)5-7-4-8(13)2-3-10(7)14/h2-4,6,11,18H,5,15-16H2,1H3. The Labute approximate surface area is 121 Å². The van der Waals surface area contributed by atoms with Gasteiger partial charge in [0, 0.05) is 22.7 Å². The largest absolute Gasteiger partial charge is 0.384 e. The average molecular weight is 300 g/mol. The lowest BCUT2D eigenvalue weighted by Gasteiger charge is -2.16. The Morgan fingerprint density at radius 3 is 2.74 bits per heavy atom. The first-order valence-electron chi connectivity index (χ1n) is 5.70. The molecule has 0 saturated carbocycles. The molecule has 1 aromatic heterocycles. The number of nitrogens with zero attached hydrogens (tertiary/aromatic N) is 2. The van der Waals surface area contributed by atoms with E-state index in [2.05, 4.69) is 10.5 Å². The third kappa shape index (κ3) is 3.01. The van der Waals surface area contributed by atoms with E-state index >= 15 is 0 Å². The van der Waals surface area contributed by atoms with Crippen molar-refractivity contribution in [3.8, 4) is 0 Å². The van der Waals surface area contributed by atoms with Gasteiger partial charge in [0.05, 0.1) is 12.2 Å². The van der Waals surface area contributed by atoms with Crippen molar-refractivity contribution in [3.63, 3.8) is 0 Å². The fourth-order valence-electron chi connectivity index (χ4n) is 1.91. The molecule has 5 N–H and O–H groups in total. The number of nitrogen functional groups attached to an aromatic ring is 1. The molecule has 0 aliphatic rings. The van der Waals surface area contributed by atoms with Gasteiger partial charge in [0.2, 0.25) is 0 Å². The number of benzene rings is 1. The number of rotatable bonds is 4. The van der Waals surface area contributed by atoms with Crippen molar-refractivity contribution in [1.29, 1.82) is 0 Å². The molecule has 0 aliphatic carbocycles. The second-order valence-electron chi connectivity index (χ2n) is 4.27. The van der Waals surface area contributed by atoms with Crippen LogP contribution in [0, 0.1) is 0 Å². The first-order chi connectivity index (χ1) is 9.02. The molecule has 1 heterocycles. The molecule has 0 spiro atoms. The van der Waals surface area contributed by atoms with E-state index in [0.29, 0.717) is 22.3 Å². The van der Waals surface area contributed by atoms with Gasteiger partial charge in [0.1, 0.15) is 5.82 Å². The van der Waals surface area contributed by atoms with E-state index in [-0.39, 0.29) is 6.04 Å². The van der Waals surface area contributed by atoms with Crippen LogP contribution in [0.2, 0.25) is 10.0 Å². The summed E-state index contributed by atoms with van der Waals surface area (Å²) in [6.07, 6.45) is 2.27. The van der Waals surface area contributed by atoms with E-state index in [1.807, 2.05) is 6.07 Å². The van der Waals surface area contributed by atoms with Crippen LogP contribution in [0.3, 0.4) is 0 Å². The number of aromatic nitrogens is 2. The second-order valence-corrected chi connectivity index (χ2v) is 5.11. The highest BCUT2D eigenvalue weighted by Crippen LogP contribution is 2.27. The highest BCUT2D eigenvalue weighted by Gasteiger charge is 2.18. The van der Waals surface area contributed by atoms with E-state index in [1.54, 1.807) is 30.1 Å². The topological polar surface area (TPSA) is 81.9 Å². The summed E-state index contributed by atoms with van der Waals surface area (Å²) in [6, 6.07) is 5.15. The van der Waals surface area contributed by atoms with Gasteiger partial charge in [-0.1, -0.05) is 23.2 Å². The van der Waals surface area contributed by atoms with Crippen LogP contribution in [-0.2, 0) is 13.5 Å². The van der Waals surface area contributed by atoms with Crippen LogP contribution in [0.5, 0.6) is 0 Å². The Balaban J connectivity index is 2.29. The van der Waals surface area contributed by atoms with Crippen LogP contribution in [-0.4, -0.2) is 9.78 Å². The Kier molecular flexibility index (Phi) is 4.31. The molecule has 2 rings (SSSR count). The number of halogens is 2. The van der Waals surface area contributed by atoms with E-state index in [4.69, 9.17) is 34.8 Å². The van der Waals surface area contributed by atoms with E-state index in [9.17, 15) is 0 Å². The zero-order valence-corrected chi connectivity index (χ0v) is 11.9. The zero-order valence-electron chi connectivity index (χ0n) is 10.4. The normalized spacial score (nSPS) is 12.6. The van der Waals surface area contributed by atoms with Crippen LogP contribution in [0.1, 0.15) is 17.2 Å². The van der Waals surface area contributed by atoms with Crippen LogP contribution in [0.4, 0.5) is 5.82 Å². The van der Waals surface area contributed by atoms with Crippen molar-refractivity contribution < 1.29 is 0 Å². The number of hydrogen-bond donors (Lipinski definition) is 3. The Morgan fingerprint density at radius 2 is 2.16 bits per heavy atom. The predicted octanol–water partition coefficient (Wildman–Crippen LogP) is 2.06. The molecule has 0 aliphatic heterocycles. The van der Waals surface area contributed by atoms with Crippen molar-refractivity contribution in [2.24, 2.45) is 12.9 Å². The molecular formula is C12H15Cl2N5. The second kappa shape index (κ2) is 5.79. The summed E-state index contributed by atoms with van der Waals surface area (Å²) in [4.78, 5) is 0. The fourth-order valence-corrected chi connectivity index (χ4v) is 2.30. The lowest BCUT2D eigenvalue weighted by atomic mass is 10.0. The van der Waals surface area contributed by atoms with Gasteiger partial charge in [0.15, 0.2) is 0 Å². The molecule has 0 radical (unpaired) electrons. The van der Waals surface area contributed by atoms with Crippen molar-refractivity contribution in [2.45, 2.75) is 12.5 Å². The van der Waals surface area contributed by atoms with Crippen molar-refractivity contribution in [2.75, 3.05) is 5.73 Å². The maximum atomic E-state index is 6.15. The number of anilines is 1. The molecule has 0 saturated heterocycles. The van der Waals surface area contributed by atoms with Gasteiger partial charge >= 0.3 is 0 Å². The maximum absolute atomic E-state index is 6.15. The lowest BCUT2D eigenvalue weighted by molar-refractivity contribution is 0.553. The minimum absolute atomic E-state index is 0.176. The molecule has 5 nitrogen and oxygen atoms in total. The minimum atomic E-state index is -0.176. The molecule has 1 unspecified atom stereocenters. The van der Waals surface area contributed by atoms with Crippen LogP contribution in [0.25, 0.3) is 0 Å². The number of nitrogens with two attached hydrogens (primary N) is 2. The maximum Gasteiger partial charge on any atom is 0.126 e. The van der Waals surface area contributed by atoms with Gasteiger partial charge in [0.25, 0.3) is 0 Å². The number of aryl methyl sites for hydroxylation is 1. The Bertz CT molecular complexity index is 581. The molecule has 102 valence electrons. The van der Waals surface area contributed by atoms with Crippen molar-refractivity contribution >= 4 is 29.0 Å². The van der Waals surface area contributed by atoms with Gasteiger partial charge in [-0.25, -0.2) is 0 Å². The summed E-state index contributed by atoms with van der Waals surface area (Å²) in [5.74, 6) is 6.17. The molecule has 0 bridgehead atoms. The minimum Gasteiger partial charge on any atom is -0.384 e. The van der Waals surface area contributed by atoms with E-state index in [0.717, 1.165) is 11.1 Å². The first-order valence-corrected chi connectivity index (χ1v) is 6.46. The molecule has 7 heteroatoms. The molecular weight excluding hydrogens is 285 g/mol. The zero-order chi connectivity index (χ0) is 14.0. The highest BCUT2D eigenvalue weighted by molar-refractivity contribution is 6.33. The summed E-state index contributed by atoms with van der Waals surface area (Å²) in [6.45, 7) is 0. The third-order valence-corrected chi connectivity index (χ3v) is 3.63. The molecule has 1 aromatic carbocycles. The quantitative estimate of drug-likeness (QED) is 0.596. The number of hydrogen-bond acceptors (Lipinski definition) is 4. The molecule has 1 atom stereocenters. The smallest absolute Gasteiger partial charge is 0.126 e. The Hall–Kier alpha value is -1.27. The summed E-state index contributed by atoms with van der Waals surface area (Å²) in [7, 11) is 1.78. The van der Waals surface area contributed by atoms with E-state index in [1.165, 1.54) is 0 Å². The summed E-state index contributed by atoms with van der Waals surface area (Å²) >= 11 is 12.1. The van der Waals surface area contributed by atoms with Crippen molar-refractivity contribution in [3.05, 3.63) is 45.6 Å². The van der Waals surface area contributed by atoms with Gasteiger partial charge < -0.3 is 5.73 Å². The number of hydrazine groups is 1. The number of nitrogens with one attached hydrogen (secondary N) is 1. The van der Waals surface area contributed by atoms with Crippen molar-refractivity contribution in [1.82, 2.24) is 15.2 Å². The molecule has 0 amide bonds. The molecule has 19 heavy (non-hydrogen) atoms. The fraction of sp³-hybridized carbons (Fsp3) is 0.250. The van der Waals surface area contributed by atoms with Gasteiger partial charge in [-0.05, 0) is 30.2 Å². The highest BCUT2D eigenvalue weighted by atomic mass is 35.5. The monoisotopic (exact) mass is 299 g/mol.